The van der Waals surface area contributed by atoms with Crippen molar-refractivity contribution >= 4 is 5.97 Å². The zero-order chi connectivity index (χ0) is 11.9. The van der Waals surface area contributed by atoms with E-state index in [4.69, 9.17) is 16.2 Å². The van der Waals surface area contributed by atoms with Crippen LogP contribution < -0.4 is 11.5 Å². The second-order valence-corrected chi connectivity index (χ2v) is 4.31. The number of aliphatic hydroxyl groups is 1. The molecule has 0 aromatic heterocycles. The van der Waals surface area contributed by atoms with Crippen molar-refractivity contribution in [3.63, 3.8) is 0 Å². The first-order chi connectivity index (χ1) is 6.87. The maximum Gasteiger partial charge on any atom is 0.323 e. The lowest BCUT2D eigenvalue weighted by molar-refractivity contribution is -0.151. The number of ether oxygens (including phenoxy) is 1. The van der Waals surface area contributed by atoms with Crippen LogP contribution in [0.3, 0.4) is 0 Å². The summed E-state index contributed by atoms with van der Waals surface area (Å²) in [7, 11) is 0. The molecule has 0 aromatic rings. The van der Waals surface area contributed by atoms with Crippen LogP contribution in [0.2, 0.25) is 0 Å². The molecule has 0 rings (SSSR count). The van der Waals surface area contributed by atoms with Gasteiger partial charge >= 0.3 is 5.97 Å². The van der Waals surface area contributed by atoms with E-state index in [1.54, 1.807) is 13.8 Å². The molecular weight excluding hydrogens is 196 g/mol. The summed E-state index contributed by atoms with van der Waals surface area (Å²) in [6.45, 7) is 3.71. The Morgan fingerprint density at radius 2 is 2.07 bits per heavy atom. The highest BCUT2D eigenvalue weighted by Crippen LogP contribution is 2.04. The van der Waals surface area contributed by atoms with Gasteiger partial charge < -0.3 is 21.3 Å². The Kier molecular flexibility index (Phi) is 6.47. The average Bonchev–Trinajstić information content (AvgIpc) is 2.13. The average molecular weight is 218 g/mol. The molecule has 0 spiro atoms. The lowest BCUT2D eigenvalue weighted by Crippen LogP contribution is -2.36. The van der Waals surface area contributed by atoms with E-state index in [2.05, 4.69) is 0 Å². The highest BCUT2D eigenvalue weighted by Gasteiger charge is 2.19. The molecular formula is C10H22N2O3. The third-order valence-electron chi connectivity index (χ3n) is 1.84. The van der Waals surface area contributed by atoms with Crippen molar-refractivity contribution in [3.05, 3.63) is 0 Å². The zero-order valence-electron chi connectivity index (χ0n) is 9.53. The third kappa shape index (κ3) is 8.35. The van der Waals surface area contributed by atoms with Crippen molar-refractivity contribution in [1.29, 1.82) is 0 Å². The van der Waals surface area contributed by atoms with Crippen LogP contribution in [-0.4, -0.2) is 35.9 Å². The summed E-state index contributed by atoms with van der Waals surface area (Å²) in [5, 5.41) is 9.33. The van der Waals surface area contributed by atoms with E-state index >= 15 is 0 Å². The molecule has 5 nitrogen and oxygen atoms in total. The smallest absolute Gasteiger partial charge is 0.323 e. The molecule has 90 valence electrons. The van der Waals surface area contributed by atoms with Crippen molar-refractivity contribution in [2.75, 3.05) is 13.2 Å². The van der Waals surface area contributed by atoms with Crippen LogP contribution in [0.5, 0.6) is 0 Å². The molecule has 0 radical (unpaired) electrons. The predicted molar refractivity (Wildman–Crippen MR) is 58.1 cm³/mol. The zero-order valence-corrected chi connectivity index (χ0v) is 9.53. The quantitative estimate of drug-likeness (QED) is 0.404. The van der Waals surface area contributed by atoms with Crippen LogP contribution in [0, 0.1) is 0 Å². The van der Waals surface area contributed by atoms with E-state index < -0.39 is 17.6 Å². The Morgan fingerprint density at radius 1 is 1.47 bits per heavy atom. The molecule has 0 aromatic carbocycles. The summed E-state index contributed by atoms with van der Waals surface area (Å²) >= 11 is 0. The van der Waals surface area contributed by atoms with Gasteiger partial charge in [-0.05, 0) is 33.2 Å². The maximum absolute atomic E-state index is 11.3. The molecule has 0 fully saturated rings. The first-order valence-corrected chi connectivity index (χ1v) is 5.21. The molecule has 1 atom stereocenters. The highest BCUT2D eigenvalue weighted by molar-refractivity contribution is 5.75. The summed E-state index contributed by atoms with van der Waals surface area (Å²) in [6.07, 6.45) is 2.24. The van der Waals surface area contributed by atoms with Crippen molar-refractivity contribution in [1.82, 2.24) is 0 Å². The largest absolute Gasteiger partial charge is 0.461 e. The molecule has 5 heteroatoms. The Balaban J connectivity index is 3.70. The van der Waals surface area contributed by atoms with Crippen LogP contribution >= 0.6 is 0 Å². The number of esters is 1. The van der Waals surface area contributed by atoms with Gasteiger partial charge in [0, 0.05) is 0 Å². The number of carbonyl (C=O) groups is 1. The molecule has 0 unspecified atom stereocenters. The van der Waals surface area contributed by atoms with Gasteiger partial charge in [0.15, 0.2) is 0 Å². The fourth-order valence-corrected chi connectivity index (χ4v) is 0.981. The minimum atomic E-state index is -1.01. The second-order valence-electron chi connectivity index (χ2n) is 4.31. The number of unbranched alkanes of at least 4 members (excludes halogenated alkanes) is 1. The molecule has 5 N–H and O–H groups in total. The van der Waals surface area contributed by atoms with Crippen LogP contribution in [0.4, 0.5) is 0 Å². The molecule has 0 aliphatic carbocycles. The molecule has 0 aliphatic rings. The number of hydrogen-bond acceptors (Lipinski definition) is 5. The van der Waals surface area contributed by atoms with Gasteiger partial charge in [0.1, 0.15) is 12.6 Å². The van der Waals surface area contributed by atoms with Gasteiger partial charge in [0.25, 0.3) is 0 Å². The van der Waals surface area contributed by atoms with Crippen molar-refractivity contribution < 1.29 is 14.6 Å². The lowest BCUT2D eigenvalue weighted by Gasteiger charge is -2.18. The molecule has 0 saturated carbocycles. The number of carbonyl (C=O) groups excluding carboxylic acids is 1. The lowest BCUT2D eigenvalue weighted by atomic mass is 10.1. The van der Waals surface area contributed by atoms with E-state index in [0.717, 1.165) is 12.8 Å². The van der Waals surface area contributed by atoms with Gasteiger partial charge in [-0.25, -0.2) is 0 Å². The molecule has 0 bridgehead atoms. The summed E-state index contributed by atoms with van der Waals surface area (Å²) in [5.74, 6) is -0.464. The molecule has 0 aliphatic heterocycles. The van der Waals surface area contributed by atoms with Crippen LogP contribution in [-0.2, 0) is 9.53 Å². The van der Waals surface area contributed by atoms with Gasteiger partial charge in [-0.3, -0.25) is 4.79 Å². The van der Waals surface area contributed by atoms with E-state index in [0.29, 0.717) is 13.0 Å². The van der Waals surface area contributed by atoms with E-state index in [1.807, 2.05) is 0 Å². The van der Waals surface area contributed by atoms with Crippen molar-refractivity contribution in [2.45, 2.75) is 44.8 Å². The molecule has 0 saturated heterocycles. The molecule has 15 heavy (non-hydrogen) atoms. The van der Waals surface area contributed by atoms with E-state index in [-0.39, 0.29) is 6.61 Å². The second kappa shape index (κ2) is 6.76. The van der Waals surface area contributed by atoms with E-state index in [9.17, 15) is 9.90 Å². The summed E-state index contributed by atoms with van der Waals surface area (Å²) in [5.41, 5.74) is 9.90. The van der Waals surface area contributed by atoms with Gasteiger partial charge in [-0.1, -0.05) is 6.42 Å². The third-order valence-corrected chi connectivity index (χ3v) is 1.84. The van der Waals surface area contributed by atoms with Gasteiger partial charge in [0.2, 0.25) is 0 Å². The summed E-state index contributed by atoms with van der Waals surface area (Å²) in [6, 6.07) is -0.612. The highest BCUT2D eigenvalue weighted by atomic mass is 16.5. The monoisotopic (exact) mass is 218 g/mol. The van der Waals surface area contributed by atoms with Crippen molar-refractivity contribution in [3.8, 4) is 0 Å². The van der Waals surface area contributed by atoms with Crippen LogP contribution in [0.15, 0.2) is 0 Å². The topological polar surface area (TPSA) is 98.6 Å². The fourth-order valence-electron chi connectivity index (χ4n) is 0.981. The Morgan fingerprint density at radius 3 is 2.53 bits per heavy atom. The Labute approximate surface area is 90.8 Å². The Bertz CT molecular complexity index is 190. The number of rotatable bonds is 7. The number of nitrogens with two attached hydrogens (primary N) is 2. The summed E-state index contributed by atoms with van der Waals surface area (Å²) < 4.78 is 4.85. The fraction of sp³-hybridized carbons (Fsp3) is 0.900. The van der Waals surface area contributed by atoms with Gasteiger partial charge in [-0.15, -0.1) is 0 Å². The standard InChI is InChI=1S/C10H22N2O3/c1-10(2,14)7-15-9(13)8(12)5-3-4-6-11/h8,14H,3-7,11-12H2,1-2H3/t8-/m0/s1. The maximum atomic E-state index is 11.3. The predicted octanol–water partition coefficient (Wildman–Crippen LogP) is -0.243. The van der Waals surface area contributed by atoms with E-state index in [1.165, 1.54) is 0 Å². The minimum absolute atomic E-state index is 0.0313. The number of hydrogen-bond donors (Lipinski definition) is 3. The molecule has 0 heterocycles. The van der Waals surface area contributed by atoms with Gasteiger partial charge in [-0.2, -0.15) is 0 Å². The van der Waals surface area contributed by atoms with Gasteiger partial charge in [0.05, 0.1) is 5.60 Å². The van der Waals surface area contributed by atoms with Crippen LogP contribution in [0.25, 0.3) is 0 Å². The first-order valence-electron chi connectivity index (χ1n) is 5.21. The normalized spacial score (nSPS) is 13.7. The van der Waals surface area contributed by atoms with Crippen molar-refractivity contribution in [2.24, 2.45) is 11.5 Å². The minimum Gasteiger partial charge on any atom is -0.461 e. The Hall–Kier alpha value is -0.650. The SMILES string of the molecule is CC(C)(O)COC(=O)[C@@H](N)CCCCN. The summed E-state index contributed by atoms with van der Waals surface area (Å²) in [4.78, 5) is 11.3. The van der Waals surface area contributed by atoms with Crippen LogP contribution in [0.1, 0.15) is 33.1 Å². The first kappa shape index (κ1) is 14.3. The molecule has 0 amide bonds.